The Morgan fingerprint density at radius 1 is 1.12 bits per heavy atom. The van der Waals surface area contributed by atoms with Crippen molar-refractivity contribution < 1.29 is 53.4 Å². The predicted molar refractivity (Wildman–Crippen MR) is 87.4 cm³/mol. The number of hydrogen-bond acceptors (Lipinski definition) is 5. The maximum Gasteiger partial charge on any atom is 0.525 e. The van der Waals surface area contributed by atoms with Crippen LogP contribution in [0.4, 0.5) is 43.9 Å². The fraction of sp³-hybridized carbons (Fsp3) is 0.375. The van der Waals surface area contributed by atoms with E-state index in [-0.39, 0.29) is 22.2 Å². The van der Waals surface area contributed by atoms with Gasteiger partial charge in [0.2, 0.25) is 5.88 Å². The van der Waals surface area contributed by atoms with Gasteiger partial charge in [0.1, 0.15) is 23.3 Å². The van der Waals surface area contributed by atoms with Crippen LogP contribution in [0.25, 0.3) is 5.69 Å². The van der Waals surface area contributed by atoms with Crippen LogP contribution in [0.1, 0.15) is 11.3 Å². The predicted octanol–water partition coefficient (Wildman–Crippen LogP) is 5.65. The Labute approximate surface area is 176 Å². The van der Waals surface area contributed by atoms with E-state index in [0.29, 0.717) is 10.7 Å². The van der Waals surface area contributed by atoms with Crippen molar-refractivity contribution in [1.82, 2.24) is 9.78 Å². The van der Waals surface area contributed by atoms with Gasteiger partial charge < -0.3 is 4.74 Å². The Kier molecular flexibility index (Phi) is 7.24. The first-order valence-corrected chi connectivity index (χ1v) is 8.96. The summed E-state index contributed by atoms with van der Waals surface area (Å²) in [5.41, 5.74) is -1.27. The molecular formula is C16H9F10N3O2S. The fourth-order valence-corrected chi connectivity index (χ4v) is 2.96. The first-order valence-electron chi connectivity index (χ1n) is 7.98. The van der Waals surface area contributed by atoms with Gasteiger partial charge in [-0.05, 0) is 24.6 Å². The summed E-state index contributed by atoms with van der Waals surface area (Å²) in [7, 11) is 0. The Bertz CT molecular complexity index is 1010. The largest absolute Gasteiger partial charge is 0.525 e. The number of aromatic nitrogens is 2. The van der Waals surface area contributed by atoms with Gasteiger partial charge in [0.05, 0.1) is 5.75 Å². The van der Waals surface area contributed by atoms with Crippen LogP contribution in [0.15, 0.2) is 23.1 Å². The van der Waals surface area contributed by atoms with Gasteiger partial charge in [-0.15, -0.1) is 30.0 Å². The topological polar surface area (TPSA) is 60.1 Å². The molecule has 1 heterocycles. The number of alkyl halides is 9. The van der Waals surface area contributed by atoms with Crippen molar-refractivity contribution in [2.24, 2.45) is 0 Å². The van der Waals surface area contributed by atoms with Crippen molar-refractivity contribution >= 4 is 11.8 Å². The van der Waals surface area contributed by atoms with Crippen LogP contribution in [0.3, 0.4) is 0 Å². The van der Waals surface area contributed by atoms with Gasteiger partial charge >= 0.3 is 25.0 Å². The second-order valence-corrected chi connectivity index (χ2v) is 6.93. The molecule has 32 heavy (non-hydrogen) atoms. The standard InChI is InChI=1S/C16H9F10N3O2S/c1-7-2-9(17)10(4-11(7)32-6-14(19,20)21)29-8(5-27)3-12(28-29)30-15(22,23)13(18)31-16(24,25)26/h2-4,13H,6H2,1H3. The number of nitriles is 1. The molecule has 0 spiro atoms. The Morgan fingerprint density at radius 2 is 1.75 bits per heavy atom. The number of hydrogen-bond donors (Lipinski definition) is 0. The van der Waals surface area contributed by atoms with Crippen LogP contribution < -0.4 is 4.74 Å². The second kappa shape index (κ2) is 9.06. The fourth-order valence-electron chi connectivity index (χ4n) is 2.16. The van der Waals surface area contributed by atoms with Gasteiger partial charge in [-0.2, -0.15) is 27.2 Å². The molecule has 16 heteroatoms. The van der Waals surface area contributed by atoms with Crippen LogP contribution in [0.5, 0.6) is 5.88 Å². The third-order valence-corrected chi connectivity index (χ3v) is 4.63. The molecule has 1 aromatic carbocycles. The highest BCUT2D eigenvalue weighted by atomic mass is 32.2. The molecule has 2 aromatic rings. The summed E-state index contributed by atoms with van der Waals surface area (Å²) >= 11 is 0.271. The average molecular weight is 497 g/mol. The van der Waals surface area contributed by atoms with E-state index in [1.54, 1.807) is 0 Å². The lowest BCUT2D eigenvalue weighted by molar-refractivity contribution is -0.411. The molecule has 2 rings (SSSR count). The van der Waals surface area contributed by atoms with Crippen LogP contribution >= 0.6 is 11.8 Å². The maximum atomic E-state index is 14.4. The summed E-state index contributed by atoms with van der Waals surface area (Å²) in [5, 5.41) is 12.4. The molecule has 0 aliphatic heterocycles. The summed E-state index contributed by atoms with van der Waals surface area (Å²) in [6, 6.07) is 3.47. The summed E-state index contributed by atoms with van der Waals surface area (Å²) in [6.45, 7) is 1.29. The molecule has 0 radical (unpaired) electrons. The third kappa shape index (κ3) is 6.66. The van der Waals surface area contributed by atoms with Crippen molar-refractivity contribution in [2.45, 2.75) is 36.8 Å². The number of nitrogens with zero attached hydrogens (tertiary/aromatic N) is 3. The molecule has 176 valence electrons. The van der Waals surface area contributed by atoms with Crippen LogP contribution in [0.2, 0.25) is 0 Å². The molecule has 0 saturated carbocycles. The lowest BCUT2D eigenvalue weighted by atomic mass is 10.2. The summed E-state index contributed by atoms with van der Waals surface area (Å²) in [5.74, 6) is -3.76. The van der Waals surface area contributed by atoms with Gasteiger partial charge in [0.25, 0.3) is 0 Å². The van der Waals surface area contributed by atoms with Crippen LogP contribution in [-0.2, 0) is 4.74 Å². The molecule has 0 N–H and O–H groups in total. The summed E-state index contributed by atoms with van der Waals surface area (Å²) in [6.07, 6.45) is -19.9. The number of aryl methyl sites for hydroxylation is 1. The highest BCUT2D eigenvalue weighted by Crippen LogP contribution is 2.34. The van der Waals surface area contributed by atoms with Gasteiger partial charge in [-0.3, -0.25) is 0 Å². The van der Waals surface area contributed by atoms with E-state index < -0.39 is 53.8 Å². The van der Waals surface area contributed by atoms with Crippen LogP contribution in [0, 0.1) is 24.1 Å². The van der Waals surface area contributed by atoms with E-state index in [0.717, 1.165) is 12.1 Å². The number of ether oxygens (including phenoxy) is 2. The molecule has 0 aliphatic rings. The molecule has 0 fully saturated rings. The second-order valence-electron chi connectivity index (χ2n) is 5.91. The number of thioether (sulfide) groups is 1. The van der Waals surface area contributed by atoms with Gasteiger partial charge in [-0.25, -0.2) is 18.2 Å². The van der Waals surface area contributed by atoms with E-state index in [2.05, 4.69) is 14.6 Å². The first kappa shape index (κ1) is 25.6. The Morgan fingerprint density at radius 3 is 2.28 bits per heavy atom. The minimum Gasteiger partial charge on any atom is -0.409 e. The van der Waals surface area contributed by atoms with E-state index in [1.165, 1.54) is 13.0 Å². The lowest BCUT2D eigenvalue weighted by Gasteiger charge is -2.20. The molecule has 0 amide bonds. The van der Waals surface area contributed by atoms with E-state index >= 15 is 0 Å². The SMILES string of the molecule is Cc1cc(F)c(-n2nc(OC(F)(F)C(F)OC(F)(F)F)cc2C#N)cc1SCC(F)(F)F. The minimum absolute atomic E-state index is 0.0822. The van der Waals surface area contributed by atoms with E-state index in [1.807, 2.05) is 0 Å². The van der Waals surface area contributed by atoms with E-state index in [4.69, 9.17) is 5.26 Å². The smallest absolute Gasteiger partial charge is 0.409 e. The number of halogens is 10. The zero-order chi connectivity index (χ0) is 24.5. The van der Waals surface area contributed by atoms with Crippen molar-refractivity contribution in [3.63, 3.8) is 0 Å². The normalized spacial score (nSPS) is 13.7. The highest BCUT2D eigenvalue weighted by Gasteiger charge is 2.51. The monoisotopic (exact) mass is 497 g/mol. The molecule has 1 atom stereocenters. The molecule has 0 aliphatic carbocycles. The van der Waals surface area contributed by atoms with Crippen molar-refractivity contribution in [2.75, 3.05) is 5.75 Å². The zero-order valence-electron chi connectivity index (χ0n) is 15.4. The lowest BCUT2D eigenvalue weighted by Crippen LogP contribution is -2.41. The minimum atomic E-state index is -5.76. The summed E-state index contributed by atoms with van der Waals surface area (Å²) in [4.78, 5) is -0.0895. The van der Waals surface area contributed by atoms with Gasteiger partial charge in [0, 0.05) is 11.0 Å². The zero-order valence-corrected chi connectivity index (χ0v) is 16.2. The molecule has 5 nitrogen and oxygen atoms in total. The molecular weight excluding hydrogens is 488 g/mol. The Hall–Kier alpha value is -2.67. The third-order valence-electron chi connectivity index (χ3n) is 3.41. The Balaban J connectivity index is 2.39. The van der Waals surface area contributed by atoms with Crippen molar-refractivity contribution in [1.29, 1.82) is 5.26 Å². The van der Waals surface area contributed by atoms with E-state index in [9.17, 15) is 43.9 Å². The van der Waals surface area contributed by atoms with Gasteiger partial charge in [0.15, 0.2) is 0 Å². The van der Waals surface area contributed by atoms with Crippen molar-refractivity contribution in [3.05, 3.63) is 35.3 Å². The molecule has 1 aromatic heterocycles. The van der Waals surface area contributed by atoms with Gasteiger partial charge in [-0.1, -0.05) is 0 Å². The van der Waals surface area contributed by atoms with Crippen molar-refractivity contribution in [3.8, 4) is 17.6 Å². The molecule has 1 unspecified atom stereocenters. The average Bonchev–Trinajstić information content (AvgIpc) is 3.00. The molecule has 0 saturated heterocycles. The number of benzene rings is 1. The molecule has 0 bridgehead atoms. The van der Waals surface area contributed by atoms with Crippen LogP contribution in [-0.4, -0.2) is 40.5 Å². The first-order chi connectivity index (χ1) is 14.5. The summed E-state index contributed by atoms with van der Waals surface area (Å²) < 4.78 is 134. The highest BCUT2D eigenvalue weighted by molar-refractivity contribution is 7.99. The maximum absolute atomic E-state index is 14.4. The quantitative estimate of drug-likeness (QED) is 0.366. The number of rotatable bonds is 7.